The predicted molar refractivity (Wildman–Crippen MR) is 180 cm³/mol. The van der Waals surface area contributed by atoms with E-state index in [0.717, 1.165) is 49.5 Å². The van der Waals surface area contributed by atoms with E-state index in [4.69, 9.17) is 15.0 Å². The predicted octanol–water partition coefficient (Wildman–Crippen LogP) is 9.60. The van der Waals surface area contributed by atoms with Gasteiger partial charge >= 0.3 is 0 Å². The van der Waals surface area contributed by atoms with Crippen molar-refractivity contribution in [2.75, 3.05) is 0 Å². The Bertz CT molecular complexity index is 2430. The maximum Gasteiger partial charge on any atom is 0.238 e. The van der Waals surface area contributed by atoms with Crippen molar-refractivity contribution in [1.29, 1.82) is 0 Å². The lowest BCUT2D eigenvalue weighted by Gasteiger charge is -2.11. The van der Waals surface area contributed by atoms with Gasteiger partial charge in [0.05, 0.1) is 11.0 Å². The molecule has 0 radical (unpaired) electrons. The van der Waals surface area contributed by atoms with Crippen LogP contribution in [-0.2, 0) is 0 Å². The molecular weight excluding hydrogens is 538 g/mol. The molecule has 5 heteroatoms. The Balaban J connectivity index is 1.26. The molecule has 0 saturated heterocycles. The van der Waals surface area contributed by atoms with Crippen molar-refractivity contribution in [2.24, 2.45) is 0 Å². The van der Waals surface area contributed by atoms with Gasteiger partial charge in [0.1, 0.15) is 0 Å². The lowest BCUT2D eigenvalue weighted by Crippen LogP contribution is -2.06. The number of nitrogens with one attached hydrogen (secondary N) is 1. The summed E-state index contributed by atoms with van der Waals surface area (Å²) in [5, 5.41) is 4.78. The van der Waals surface area contributed by atoms with Gasteiger partial charge in [-0.25, -0.2) is 4.98 Å². The molecular formula is C39H25N5. The molecule has 9 aromatic rings. The number of aromatic nitrogens is 5. The van der Waals surface area contributed by atoms with Gasteiger partial charge in [0.15, 0.2) is 11.6 Å². The number of nitrogens with zero attached hydrogens (tertiary/aromatic N) is 4. The lowest BCUT2D eigenvalue weighted by atomic mass is 10.0. The van der Waals surface area contributed by atoms with Crippen LogP contribution in [-0.4, -0.2) is 24.5 Å². The molecule has 0 aliphatic heterocycles. The SMILES string of the molecule is c1ccc(-c2nc(-c3ccccc3)nc(-n3c4ccccc4c4cc(-c5ccc6c(c5)[nH]c5ccccc56)ccc43)n2)cc1. The molecule has 3 heterocycles. The van der Waals surface area contributed by atoms with Crippen LogP contribution < -0.4 is 0 Å². The first kappa shape index (κ1) is 24.5. The van der Waals surface area contributed by atoms with Crippen LogP contribution in [0.25, 0.3) is 83.5 Å². The molecule has 0 unspecified atom stereocenters. The number of para-hydroxylation sites is 2. The van der Waals surface area contributed by atoms with E-state index < -0.39 is 0 Å². The highest BCUT2D eigenvalue weighted by molar-refractivity contribution is 6.11. The highest BCUT2D eigenvalue weighted by atomic mass is 15.2. The average molecular weight is 564 g/mol. The van der Waals surface area contributed by atoms with E-state index in [1.807, 2.05) is 60.7 Å². The number of benzene rings is 6. The zero-order valence-electron chi connectivity index (χ0n) is 23.6. The molecule has 0 saturated carbocycles. The van der Waals surface area contributed by atoms with Crippen molar-refractivity contribution in [3.05, 3.63) is 146 Å². The number of hydrogen-bond donors (Lipinski definition) is 1. The van der Waals surface area contributed by atoms with E-state index in [0.29, 0.717) is 17.6 Å². The average Bonchev–Trinajstić information content (AvgIpc) is 3.64. The standard InChI is InChI=1S/C39H25N5/c1-3-11-25(12-4-1)37-41-38(26-13-5-2-6-14-26)43-39(42-37)44-35-18-10-8-16-31(35)32-23-27(20-22-36(32)44)28-19-21-30-29-15-7-9-17-33(29)40-34(30)24-28/h1-24,40H. The smallest absolute Gasteiger partial charge is 0.238 e. The lowest BCUT2D eigenvalue weighted by molar-refractivity contribution is 0.953. The minimum atomic E-state index is 0.594. The number of aromatic amines is 1. The Hall–Kier alpha value is -6.07. The second-order valence-corrected chi connectivity index (χ2v) is 11.0. The number of hydrogen-bond acceptors (Lipinski definition) is 3. The molecule has 206 valence electrons. The topological polar surface area (TPSA) is 59.4 Å². The van der Waals surface area contributed by atoms with Gasteiger partial charge in [0.2, 0.25) is 5.95 Å². The second-order valence-electron chi connectivity index (χ2n) is 11.0. The zero-order valence-corrected chi connectivity index (χ0v) is 23.6. The van der Waals surface area contributed by atoms with Crippen LogP contribution in [0.15, 0.2) is 146 Å². The highest BCUT2D eigenvalue weighted by Gasteiger charge is 2.18. The van der Waals surface area contributed by atoms with E-state index in [1.54, 1.807) is 0 Å². The summed E-state index contributed by atoms with van der Waals surface area (Å²) in [6.45, 7) is 0. The van der Waals surface area contributed by atoms with Crippen LogP contribution in [0.5, 0.6) is 0 Å². The largest absolute Gasteiger partial charge is 0.354 e. The van der Waals surface area contributed by atoms with Gasteiger partial charge in [0.25, 0.3) is 0 Å². The fourth-order valence-corrected chi connectivity index (χ4v) is 6.30. The molecule has 0 fully saturated rings. The van der Waals surface area contributed by atoms with Crippen LogP contribution in [0.3, 0.4) is 0 Å². The first-order valence-corrected chi connectivity index (χ1v) is 14.7. The minimum Gasteiger partial charge on any atom is -0.354 e. The summed E-state index contributed by atoms with van der Waals surface area (Å²) in [5.74, 6) is 1.88. The fourth-order valence-electron chi connectivity index (χ4n) is 6.30. The first-order valence-electron chi connectivity index (χ1n) is 14.7. The van der Waals surface area contributed by atoms with Crippen LogP contribution in [0.2, 0.25) is 0 Å². The molecule has 9 rings (SSSR count). The van der Waals surface area contributed by atoms with Gasteiger partial charge in [-0.3, -0.25) is 4.57 Å². The third kappa shape index (κ3) is 3.91. The van der Waals surface area contributed by atoms with Gasteiger partial charge < -0.3 is 4.98 Å². The Morgan fingerprint density at radius 1 is 0.386 bits per heavy atom. The fraction of sp³-hybridized carbons (Fsp3) is 0. The van der Waals surface area contributed by atoms with E-state index in [1.165, 1.54) is 16.3 Å². The number of rotatable bonds is 4. The van der Waals surface area contributed by atoms with Crippen LogP contribution >= 0.6 is 0 Å². The molecule has 0 bridgehead atoms. The summed E-state index contributed by atoms with van der Waals surface area (Å²) < 4.78 is 2.16. The monoisotopic (exact) mass is 563 g/mol. The molecule has 0 aliphatic rings. The van der Waals surface area contributed by atoms with Crippen molar-refractivity contribution in [1.82, 2.24) is 24.5 Å². The van der Waals surface area contributed by atoms with Crippen molar-refractivity contribution in [3.63, 3.8) is 0 Å². The molecule has 0 aliphatic carbocycles. The molecule has 1 N–H and O–H groups in total. The van der Waals surface area contributed by atoms with E-state index in [-0.39, 0.29) is 0 Å². The van der Waals surface area contributed by atoms with Crippen LogP contribution in [0, 0.1) is 0 Å². The summed E-state index contributed by atoms with van der Waals surface area (Å²) >= 11 is 0. The molecule has 5 nitrogen and oxygen atoms in total. The summed E-state index contributed by atoms with van der Waals surface area (Å²) in [4.78, 5) is 18.6. The van der Waals surface area contributed by atoms with Gasteiger partial charge in [-0.1, -0.05) is 115 Å². The van der Waals surface area contributed by atoms with Crippen molar-refractivity contribution in [2.45, 2.75) is 0 Å². The normalized spacial score (nSPS) is 11.6. The van der Waals surface area contributed by atoms with E-state index in [2.05, 4.69) is 94.5 Å². The van der Waals surface area contributed by atoms with E-state index in [9.17, 15) is 0 Å². The maximum atomic E-state index is 5.04. The van der Waals surface area contributed by atoms with Gasteiger partial charge in [-0.05, 0) is 41.5 Å². The summed E-state index contributed by atoms with van der Waals surface area (Å²) in [5.41, 5.74) is 8.61. The van der Waals surface area contributed by atoms with Crippen molar-refractivity contribution < 1.29 is 0 Å². The third-order valence-electron chi connectivity index (χ3n) is 8.40. The highest BCUT2D eigenvalue weighted by Crippen LogP contribution is 2.36. The Morgan fingerprint density at radius 3 is 1.70 bits per heavy atom. The van der Waals surface area contributed by atoms with Crippen molar-refractivity contribution in [3.8, 4) is 39.9 Å². The maximum absolute atomic E-state index is 5.04. The minimum absolute atomic E-state index is 0.594. The summed E-state index contributed by atoms with van der Waals surface area (Å²) in [6.07, 6.45) is 0. The molecule has 0 spiro atoms. The summed E-state index contributed by atoms with van der Waals surface area (Å²) in [7, 11) is 0. The van der Waals surface area contributed by atoms with E-state index >= 15 is 0 Å². The number of fused-ring (bicyclic) bond motifs is 6. The van der Waals surface area contributed by atoms with Gasteiger partial charge in [-0.2, -0.15) is 9.97 Å². The first-order chi connectivity index (χ1) is 21.8. The Labute approximate surface area is 253 Å². The summed E-state index contributed by atoms with van der Waals surface area (Å²) in [6, 6.07) is 50.5. The quantitative estimate of drug-likeness (QED) is 0.232. The van der Waals surface area contributed by atoms with Crippen LogP contribution in [0.4, 0.5) is 0 Å². The molecule has 0 amide bonds. The Kier molecular flexibility index (Phi) is 5.43. The van der Waals surface area contributed by atoms with Crippen molar-refractivity contribution >= 4 is 43.6 Å². The molecule has 6 aromatic carbocycles. The third-order valence-corrected chi connectivity index (χ3v) is 8.40. The number of H-pyrrole nitrogens is 1. The molecule has 3 aromatic heterocycles. The van der Waals surface area contributed by atoms with Gasteiger partial charge in [0, 0.05) is 43.7 Å². The van der Waals surface area contributed by atoms with Gasteiger partial charge in [-0.15, -0.1) is 0 Å². The van der Waals surface area contributed by atoms with Crippen LogP contribution in [0.1, 0.15) is 0 Å². The molecule has 0 atom stereocenters. The zero-order chi connectivity index (χ0) is 29.0. The Morgan fingerprint density at radius 2 is 0.955 bits per heavy atom. The molecule has 44 heavy (non-hydrogen) atoms. The second kappa shape index (κ2) is 9.75.